The van der Waals surface area contributed by atoms with Crippen molar-refractivity contribution in [3.8, 4) is 0 Å². The van der Waals surface area contributed by atoms with Crippen LogP contribution in [-0.4, -0.2) is 51.5 Å². The number of fused-ring (bicyclic) bond motifs is 1. The van der Waals surface area contributed by atoms with Gasteiger partial charge in [0.15, 0.2) is 0 Å². The first kappa shape index (κ1) is 19.1. The van der Waals surface area contributed by atoms with E-state index < -0.39 is 11.5 Å². The monoisotopic (exact) mass is 392 g/mol. The number of anilines is 1. The van der Waals surface area contributed by atoms with Crippen LogP contribution >= 0.6 is 0 Å². The van der Waals surface area contributed by atoms with Crippen LogP contribution in [0.2, 0.25) is 0 Å². The maximum atomic E-state index is 12.4. The van der Waals surface area contributed by atoms with Crippen LogP contribution in [0, 0.1) is 0 Å². The minimum absolute atomic E-state index is 0.189. The maximum absolute atomic E-state index is 12.4. The third-order valence-electron chi connectivity index (χ3n) is 5.48. The molecule has 1 N–H and O–H groups in total. The molecule has 1 aliphatic rings. The Morgan fingerprint density at radius 1 is 1.14 bits per heavy atom. The van der Waals surface area contributed by atoms with Gasteiger partial charge in [0.2, 0.25) is 0 Å². The van der Waals surface area contributed by atoms with Crippen LogP contribution in [0.25, 0.3) is 5.52 Å². The lowest BCUT2D eigenvalue weighted by Crippen LogP contribution is -2.46. The molecule has 0 aromatic carbocycles. The van der Waals surface area contributed by atoms with Gasteiger partial charge in [-0.15, -0.1) is 0 Å². The van der Waals surface area contributed by atoms with Gasteiger partial charge in [0.05, 0.1) is 5.52 Å². The number of carboxylic acid groups (broad SMARTS) is 1. The van der Waals surface area contributed by atoms with Crippen LogP contribution in [0.4, 0.5) is 5.69 Å². The zero-order chi connectivity index (χ0) is 20.4. The van der Waals surface area contributed by atoms with Gasteiger partial charge in [0.1, 0.15) is 5.56 Å². The Balaban J connectivity index is 1.54. The maximum Gasteiger partial charge on any atom is 0.341 e. The van der Waals surface area contributed by atoms with Gasteiger partial charge in [0.25, 0.3) is 5.56 Å². The Kier molecular flexibility index (Phi) is 5.31. The molecule has 1 saturated heterocycles. The largest absolute Gasteiger partial charge is 0.477 e. The highest BCUT2D eigenvalue weighted by atomic mass is 16.4. The standard InChI is InChI=1S/C22H24N4O3/c1-2-17-14-18(6-7-23-17)25-11-9-24(10-12-25)15-16-13-19(22(28)29)21(27)26-8-4-3-5-20(16)26/h3-8,13-14H,2,9-12,15H2,1H3,(H,28,29). The molecule has 3 aromatic heterocycles. The van der Waals surface area contributed by atoms with Gasteiger partial charge in [-0.05, 0) is 42.3 Å². The number of hydrogen-bond donors (Lipinski definition) is 1. The summed E-state index contributed by atoms with van der Waals surface area (Å²) in [5.74, 6) is -1.19. The second-order valence-electron chi connectivity index (χ2n) is 7.27. The van der Waals surface area contributed by atoms with Crippen LogP contribution in [0.5, 0.6) is 0 Å². The summed E-state index contributed by atoms with van der Waals surface area (Å²) in [5, 5.41) is 9.42. The van der Waals surface area contributed by atoms with Crippen molar-refractivity contribution in [3.05, 3.63) is 76.0 Å². The SMILES string of the molecule is CCc1cc(N2CCN(Cc3cc(C(=O)O)c(=O)n4ccccc34)CC2)ccn1. The van der Waals surface area contributed by atoms with E-state index in [1.807, 2.05) is 24.4 Å². The first-order valence-corrected chi connectivity index (χ1v) is 9.85. The summed E-state index contributed by atoms with van der Waals surface area (Å²) in [6.07, 6.45) is 4.41. The lowest BCUT2D eigenvalue weighted by molar-refractivity contribution is 0.0694. The van der Waals surface area contributed by atoms with E-state index in [4.69, 9.17) is 0 Å². The summed E-state index contributed by atoms with van der Waals surface area (Å²) in [5.41, 5.74) is 3.21. The molecular formula is C22H24N4O3. The smallest absolute Gasteiger partial charge is 0.341 e. The molecule has 1 fully saturated rings. The van der Waals surface area contributed by atoms with Crippen molar-refractivity contribution in [3.63, 3.8) is 0 Å². The predicted molar refractivity (Wildman–Crippen MR) is 112 cm³/mol. The molecule has 0 aliphatic carbocycles. The van der Waals surface area contributed by atoms with Crippen molar-refractivity contribution in [1.82, 2.24) is 14.3 Å². The number of piperazine rings is 1. The van der Waals surface area contributed by atoms with E-state index in [0.717, 1.165) is 49.4 Å². The molecule has 150 valence electrons. The number of aryl methyl sites for hydroxylation is 1. The van der Waals surface area contributed by atoms with Crippen LogP contribution in [-0.2, 0) is 13.0 Å². The molecular weight excluding hydrogens is 368 g/mol. The van der Waals surface area contributed by atoms with E-state index in [9.17, 15) is 14.7 Å². The zero-order valence-corrected chi connectivity index (χ0v) is 16.4. The molecule has 4 rings (SSSR count). The summed E-state index contributed by atoms with van der Waals surface area (Å²) in [7, 11) is 0. The molecule has 4 heterocycles. The molecule has 0 amide bonds. The number of carbonyl (C=O) groups is 1. The quantitative estimate of drug-likeness (QED) is 0.718. The predicted octanol–water partition coefficient (Wildman–Crippen LogP) is 2.28. The molecule has 0 bridgehead atoms. The van der Waals surface area contributed by atoms with E-state index >= 15 is 0 Å². The lowest BCUT2D eigenvalue weighted by atomic mass is 10.1. The summed E-state index contributed by atoms with van der Waals surface area (Å²) in [4.78, 5) is 33.0. The van der Waals surface area contributed by atoms with E-state index in [1.165, 1.54) is 16.2 Å². The van der Waals surface area contributed by atoms with Gasteiger partial charge in [-0.25, -0.2) is 4.79 Å². The Morgan fingerprint density at radius 3 is 2.66 bits per heavy atom. The number of hydrogen-bond acceptors (Lipinski definition) is 5. The van der Waals surface area contributed by atoms with Gasteiger partial charge >= 0.3 is 5.97 Å². The summed E-state index contributed by atoms with van der Waals surface area (Å²) in [6, 6.07) is 11.2. The van der Waals surface area contributed by atoms with Crippen molar-refractivity contribution < 1.29 is 9.90 Å². The first-order chi connectivity index (χ1) is 14.1. The lowest BCUT2D eigenvalue weighted by Gasteiger charge is -2.36. The second-order valence-corrected chi connectivity index (χ2v) is 7.27. The first-order valence-electron chi connectivity index (χ1n) is 9.85. The molecule has 0 spiro atoms. The van der Waals surface area contributed by atoms with E-state index in [1.54, 1.807) is 12.3 Å². The molecule has 7 nitrogen and oxygen atoms in total. The number of aromatic nitrogens is 2. The highest BCUT2D eigenvalue weighted by Crippen LogP contribution is 2.19. The minimum Gasteiger partial charge on any atom is -0.477 e. The third kappa shape index (κ3) is 3.86. The van der Waals surface area contributed by atoms with Gasteiger partial charge < -0.3 is 10.0 Å². The fourth-order valence-electron chi connectivity index (χ4n) is 3.86. The van der Waals surface area contributed by atoms with E-state index in [2.05, 4.69) is 27.8 Å². The molecule has 3 aromatic rings. The van der Waals surface area contributed by atoms with Crippen LogP contribution in [0.15, 0.2) is 53.6 Å². The average molecular weight is 392 g/mol. The van der Waals surface area contributed by atoms with Gasteiger partial charge in [-0.3, -0.25) is 19.1 Å². The number of pyridine rings is 3. The molecule has 7 heteroatoms. The number of carboxylic acids is 1. The fraction of sp³-hybridized carbons (Fsp3) is 0.318. The van der Waals surface area contributed by atoms with Gasteiger partial charge in [-0.1, -0.05) is 13.0 Å². The van der Waals surface area contributed by atoms with Crippen molar-refractivity contribution in [2.24, 2.45) is 0 Å². The highest BCUT2D eigenvalue weighted by Gasteiger charge is 2.20. The van der Waals surface area contributed by atoms with Gasteiger partial charge in [0, 0.05) is 56.5 Å². The molecule has 0 saturated carbocycles. The third-order valence-corrected chi connectivity index (χ3v) is 5.48. The van der Waals surface area contributed by atoms with Crippen LogP contribution in [0.3, 0.4) is 0 Å². The van der Waals surface area contributed by atoms with Crippen molar-refractivity contribution in [2.75, 3.05) is 31.1 Å². The number of nitrogens with zero attached hydrogens (tertiary/aromatic N) is 4. The van der Waals surface area contributed by atoms with Crippen molar-refractivity contribution in [2.45, 2.75) is 19.9 Å². The Morgan fingerprint density at radius 2 is 1.93 bits per heavy atom. The van der Waals surface area contributed by atoms with Crippen molar-refractivity contribution >= 4 is 17.2 Å². The van der Waals surface area contributed by atoms with E-state index in [0.29, 0.717) is 6.54 Å². The topological polar surface area (TPSA) is 78.2 Å². The Labute approximate surface area is 168 Å². The van der Waals surface area contributed by atoms with Crippen LogP contribution < -0.4 is 10.5 Å². The molecule has 0 radical (unpaired) electrons. The minimum atomic E-state index is -1.19. The summed E-state index contributed by atoms with van der Waals surface area (Å²) in [6.45, 7) is 6.23. The van der Waals surface area contributed by atoms with Gasteiger partial charge in [-0.2, -0.15) is 0 Å². The molecule has 0 atom stereocenters. The summed E-state index contributed by atoms with van der Waals surface area (Å²) < 4.78 is 1.43. The summed E-state index contributed by atoms with van der Waals surface area (Å²) >= 11 is 0. The molecule has 1 aliphatic heterocycles. The van der Waals surface area contributed by atoms with Crippen molar-refractivity contribution in [1.29, 1.82) is 0 Å². The van der Waals surface area contributed by atoms with E-state index in [-0.39, 0.29) is 5.56 Å². The molecule has 29 heavy (non-hydrogen) atoms. The number of aromatic carboxylic acids is 1. The Bertz CT molecular complexity index is 1100. The normalized spacial score (nSPS) is 15.0. The highest BCUT2D eigenvalue weighted by molar-refractivity contribution is 5.88. The second kappa shape index (κ2) is 8.05. The molecule has 0 unspecified atom stereocenters. The van der Waals surface area contributed by atoms with Crippen LogP contribution in [0.1, 0.15) is 28.5 Å². The average Bonchev–Trinajstić information content (AvgIpc) is 2.76. The fourth-order valence-corrected chi connectivity index (χ4v) is 3.86. The Hall–Kier alpha value is -3.19. The zero-order valence-electron chi connectivity index (χ0n) is 16.4. The number of rotatable bonds is 5.